The number of anilines is 1. The highest BCUT2D eigenvalue weighted by atomic mass is 79.9. The van der Waals surface area contributed by atoms with Gasteiger partial charge in [-0.25, -0.2) is 9.78 Å². The molecule has 0 spiro atoms. The maximum Gasteiger partial charge on any atom is 0.350 e. The summed E-state index contributed by atoms with van der Waals surface area (Å²) < 4.78 is 5.09. The Bertz CT molecular complexity index is 627. The number of methoxy groups -OCH3 is 1. The van der Waals surface area contributed by atoms with Crippen LogP contribution in [0.25, 0.3) is 0 Å². The van der Waals surface area contributed by atoms with Crippen LogP contribution in [-0.4, -0.2) is 24.0 Å². The van der Waals surface area contributed by atoms with E-state index in [9.17, 15) is 9.59 Å². The number of ether oxygens (including phenoxy) is 1. The van der Waals surface area contributed by atoms with Crippen molar-refractivity contribution in [3.63, 3.8) is 0 Å². The molecule has 1 N–H and O–H groups in total. The molecule has 0 saturated heterocycles. The standard InChI is InChI=1S/C12H9BrN2O3S/c1-18-12(17)9-8(4-6-19-9)15-11(16)7-3-2-5-14-10(7)13/h2-6H,1H3,(H,15,16). The zero-order chi connectivity index (χ0) is 13.8. The molecule has 2 aromatic rings. The maximum atomic E-state index is 12.1. The first kappa shape index (κ1) is 13.7. The molecule has 2 aromatic heterocycles. The highest BCUT2D eigenvalue weighted by Crippen LogP contribution is 2.24. The van der Waals surface area contributed by atoms with Gasteiger partial charge in [-0.15, -0.1) is 11.3 Å². The molecule has 19 heavy (non-hydrogen) atoms. The van der Waals surface area contributed by atoms with Gasteiger partial charge in [-0.05, 0) is 39.5 Å². The van der Waals surface area contributed by atoms with Crippen molar-refractivity contribution in [3.8, 4) is 0 Å². The van der Waals surface area contributed by atoms with Crippen LogP contribution >= 0.6 is 27.3 Å². The lowest BCUT2D eigenvalue weighted by Gasteiger charge is -2.06. The third kappa shape index (κ3) is 2.99. The number of nitrogens with one attached hydrogen (secondary N) is 1. The molecule has 0 bridgehead atoms. The van der Waals surface area contributed by atoms with Crippen LogP contribution in [0.4, 0.5) is 5.69 Å². The van der Waals surface area contributed by atoms with Gasteiger partial charge < -0.3 is 10.1 Å². The van der Waals surface area contributed by atoms with Crippen molar-refractivity contribution in [2.24, 2.45) is 0 Å². The normalized spacial score (nSPS) is 10.0. The van der Waals surface area contributed by atoms with Gasteiger partial charge in [-0.1, -0.05) is 0 Å². The van der Waals surface area contributed by atoms with Gasteiger partial charge in [0.05, 0.1) is 18.4 Å². The van der Waals surface area contributed by atoms with Gasteiger partial charge in [0, 0.05) is 6.20 Å². The van der Waals surface area contributed by atoms with Gasteiger partial charge in [0.2, 0.25) is 0 Å². The van der Waals surface area contributed by atoms with Crippen LogP contribution in [0.5, 0.6) is 0 Å². The van der Waals surface area contributed by atoms with Crippen molar-refractivity contribution in [1.29, 1.82) is 0 Å². The number of carbonyl (C=O) groups is 2. The number of aromatic nitrogens is 1. The smallest absolute Gasteiger partial charge is 0.350 e. The SMILES string of the molecule is COC(=O)c1sccc1NC(=O)c1cccnc1Br. The summed E-state index contributed by atoms with van der Waals surface area (Å²) in [4.78, 5) is 27.9. The summed E-state index contributed by atoms with van der Waals surface area (Å²) in [5, 5.41) is 4.37. The fourth-order valence-electron chi connectivity index (χ4n) is 1.40. The molecule has 0 aliphatic carbocycles. The van der Waals surface area contributed by atoms with Crippen LogP contribution in [0.15, 0.2) is 34.4 Å². The Morgan fingerprint density at radius 2 is 2.21 bits per heavy atom. The van der Waals surface area contributed by atoms with Gasteiger partial charge in [0.25, 0.3) is 5.91 Å². The van der Waals surface area contributed by atoms with Gasteiger partial charge in [0.1, 0.15) is 9.48 Å². The number of esters is 1. The first-order valence-corrected chi connectivity index (χ1v) is 6.88. The van der Waals surface area contributed by atoms with Gasteiger partial charge in [-0.2, -0.15) is 0 Å². The second-order valence-electron chi connectivity index (χ2n) is 3.45. The molecule has 0 unspecified atom stereocenters. The largest absolute Gasteiger partial charge is 0.465 e. The number of hydrogen-bond acceptors (Lipinski definition) is 5. The maximum absolute atomic E-state index is 12.1. The topological polar surface area (TPSA) is 68.3 Å². The number of pyridine rings is 1. The number of carbonyl (C=O) groups excluding carboxylic acids is 2. The second-order valence-corrected chi connectivity index (χ2v) is 5.12. The Labute approximate surface area is 121 Å². The molecule has 0 saturated carbocycles. The van der Waals surface area contributed by atoms with E-state index in [-0.39, 0.29) is 5.91 Å². The lowest BCUT2D eigenvalue weighted by molar-refractivity contribution is 0.0607. The third-order valence-corrected chi connectivity index (χ3v) is 3.81. The van der Waals surface area contributed by atoms with Crippen molar-refractivity contribution in [2.45, 2.75) is 0 Å². The molecule has 0 aliphatic heterocycles. The van der Waals surface area contributed by atoms with E-state index in [1.54, 1.807) is 29.8 Å². The van der Waals surface area contributed by atoms with Crippen LogP contribution in [0, 0.1) is 0 Å². The summed E-state index contributed by atoms with van der Waals surface area (Å²) in [6.07, 6.45) is 1.57. The molecule has 5 nitrogen and oxygen atoms in total. The summed E-state index contributed by atoms with van der Waals surface area (Å²) >= 11 is 4.41. The number of nitrogens with zero attached hydrogens (tertiary/aromatic N) is 1. The summed E-state index contributed by atoms with van der Waals surface area (Å²) in [6, 6.07) is 4.95. The van der Waals surface area contributed by atoms with Crippen molar-refractivity contribution < 1.29 is 14.3 Å². The molecule has 2 heterocycles. The highest BCUT2D eigenvalue weighted by molar-refractivity contribution is 9.10. The van der Waals surface area contributed by atoms with E-state index in [2.05, 4.69) is 31.0 Å². The molecule has 0 atom stereocenters. The summed E-state index contributed by atoms with van der Waals surface area (Å²) in [5.41, 5.74) is 0.821. The van der Waals surface area contributed by atoms with Crippen LogP contribution < -0.4 is 5.32 Å². The molecule has 0 aromatic carbocycles. The number of rotatable bonds is 3. The molecular formula is C12H9BrN2O3S. The lowest BCUT2D eigenvalue weighted by Crippen LogP contribution is -2.14. The fraction of sp³-hybridized carbons (Fsp3) is 0.0833. The minimum absolute atomic E-state index is 0.344. The molecule has 0 fully saturated rings. The molecule has 0 radical (unpaired) electrons. The minimum atomic E-state index is -0.476. The second kappa shape index (κ2) is 5.94. The van der Waals surface area contributed by atoms with Crippen LogP contribution in [-0.2, 0) is 4.74 Å². The van der Waals surface area contributed by atoms with E-state index in [0.717, 1.165) is 0 Å². The zero-order valence-corrected chi connectivity index (χ0v) is 12.2. The van der Waals surface area contributed by atoms with Crippen molar-refractivity contribution in [2.75, 3.05) is 12.4 Å². The first-order chi connectivity index (χ1) is 9.13. The molecule has 98 valence electrons. The van der Waals surface area contributed by atoms with Gasteiger partial charge in [0.15, 0.2) is 0 Å². The molecule has 0 aliphatic rings. The Hall–Kier alpha value is -1.73. The van der Waals surface area contributed by atoms with E-state index in [4.69, 9.17) is 0 Å². The molecule has 2 rings (SSSR count). The highest BCUT2D eigenvalue weighted by Gasteiger charge is 2.17. The van der Waals surface area contributed by atoms with E-state index in [1.807, 2.05) is 0 Å². The summed E-state index contributed by atoms with van der Waals surface area (Å²) in [5.74, 6) is -0.820. The fourth-order valence-corrected chi connectivity index (χ4v) is 2.60. The van der Waals surface area contributed by atoms with E-state index < -0.39 is 5.97 Å². The predicted molar refractivity (Wildman–Crippen MR) is 75.5 cm³/mol. The zero-order valence-electron chi connectivity index (χ0n) is 9.84. The third-order valence-electron chi connectivity index (χ3n) is 2.29. The summed E-state index contributed by atoms with van der Waals surface area (Å²) in [6.45, 7) is 0. The van der Waals surface area contributed by atoms with Crippen LogP contribution in [0.1, 0.15) is 20.0 Å². The first-order valence-electron chi connectivity index (χ1n) is 5.21. The predicted octanol–water partition coefficient (Wildman–Crippen LogP) is 2.94. The lowest BCUT2D eigenvalue weighted by atomic mass is 10.2. The Balaban J connectivity index is 2.23. The average molecular weight is 341 g/mol. The van der Waals surface area contributed by atoms with Crippen LogP contribution in [0.2, 0.25) is 0 Å². The summed E-state index contributed by atoms with van der Waals surface area (Å²) in [7, 11) is 1.30. The molecule has 7 heteroatoms. The number of hydrogen-bond donors (Lipinski definition) is 1. The Morgan fingerprint density at radius 1 is 1.42 bits per heavy atom. The number of halogens is 1. The minimum Gasteiger partial charge on any atom is -0.465 e. The van der Waals surface area contributed by atoms with Crippen molar-refractivity contribution in [1.82, 2.24) is 4.98 Å². The van der Waals surface area contributed by atoms with Crippen molar-refractivity contribution in [3.05, 3.63) is 44.8 Å². The quantitative estimate of drug-likeness (QED) is 0.688. The van der Waals surface area contributed by atoms with Crippen LogP contribution in [0.3, 0.4) is 0 Å². The Morgan fingerprint density at radius 3 is 2.89 bits per heavy atom. The van der Waals surface area contributed by atoms with Gasteiger partial charge in [-0.3, -0.25) is 4.79 Å². The number of amides is 1. The Kier molecular flexibility index (Phi) is 4.28. The van der Waals surface area contributed by atoms with E-state index in [1.165, 1.54) is 18.4 Å². The molecule has 1 amide bonds. The van der Waals surface area contributed by atoms with E-state index in [0.29, 0.717) is 20.7 Å². The van der Waals surface area contributed by atoms with E-state index >= 15 is 0 Å². The average Bonchev–Trinajstić information content (AvgIpc) is 2.86. The monoisotopic (exact) mass is 340 g/mol. The van der Waals surface area contributed by atoms with Gasteiger partial charge >= 0.3 is 5.97 Å². The number of thiophene rings is 1. The molecular weight excluding hydrogens is 332 g/mol. The van der Waals surface area contributed by atoms with Crippen molar-refractivity contribution >= 4 is 44.8 Å².